The summed E-state index contributed by atoms with van der Waals surface area (Å²) in [4.78, 5) is 0. The Labute approximate surface area is 117 Å². The van der Waals surface area contributed by atoms with Crippen LogP contribution in [0, 0.1) is 0 Å². The number of benzene rings is 1. The normalized spacial score (nSPS) is 14.4. The average molecular weight is 314 g/mol. The first-order valence-corrected chi connectivity index (χ1v) is 5.74. The molecule has 1 unspecified atom stereocenters. The molecule has 0 radical (unpaired) electrons. The largest absolute Gasteiger partial charge is 0.637 e. The van der Waals surface area contributed by atoms with Crippen LogP contribution in [-0.2, 0) is 6.18 Å². The summed E-state index contributed by atoms with van der Waals surface area (Å²) < 4.78 is 42.5. The van der Waals surface area contributed by atoms with Crippen molar-refractivity contribution in [2.24, 2.45) is 5.73 Å². The van der Waals surface area contributed by atoms with E-state index in [0.717, 1.165) is 0 Å². The summed E-state index contributed by atoms with van der Waals surface area (Å²) in [6.45, 7) is 1.54. The third kappa shape index (κ3) is 4.49. The van der Waals surface area contributed by atoms with Gasteiger partial charge < -0.3 is 16.2 Å². The molecule has 0 aromatic heterocycles. The molecule has 0 aliphatic carbocycles. The van der Waals surface area contributed by atoms with Crippen LogP contribution in [0.2, 0.25) is 10.0 Å². The molecule has 0 amide bonds. The first-order valence-electron chi connectivity index (χ1n) is 4.99. The first kappa shape index (κ1) is 15.9. The van der Waals surface area contributed by atoms with Crippen LogP contribution < -0.4 is 10.5 Å². The average Bonchev–Trinajstić information content (AvgIpc) is 2.20. The van der Waals surface area contributed by atoms with Crippen molar-refractivity contribution in [3.63, 3.8) is 0 Å². The van der Waals surface area contributed by atoms with Gasteiger partial charge in [-0.1, -0.05) is 23.2 Å². The van der Waals surface area contributed by atoms with Gasteiger partial charge in [0.15, 0.2) is 5.75 Å². The van der Waals surface area contributed by atoms with Gasteiger partial charge in [-0.25, -0.2) is 0 Å². The zero-order valence-electron chi connectivity index (χ0n) is 9.68. The van der Waals surface area contributed by atoms with Crippen LogP contribution in [0.25, 0.3) is 5.73 Å². The van der Waals surface area contributed by atoms with Crippen molar-refractivity contribution in [1.29, 1.82) is 0 Å². The molecule has 0 aliphatic rings. The van der Waals surface area contributed by atoms with Gasteiger partial charge in [-0.3, -0.25) is 0 Å². The molecule has 19 heavy (non-hydrogen) atoms. The SMILES string of the molecule is C/C(N)=C/C([NH-])Oc1c(Cl)cc(C(F)(F)F)cc1Cl. The second-order valence-corrected chi connectivity index (χ2v) is 4.53. The number of hydrogen-bond donors (Lipinski definition) is 1. The molecule has 0 heterocycles. The second-order valence-electron chi connectivity index (χ2n) is 3.72. The summed E-state index contributed by atoms with van der Waals surface area (Å²) in [5.74, 6) is -0.186. The lowest BCUT2D eigenvalue weighted by Gasteiger charge is -2.21. The Hall–Kier alpha value is -1.11. The number of halogens is 5. The van der Waals surface area contributed by atoms with E-state index in [0.29, 0.717) is 17.8 Å². The standard InChI is InChI=1S/C11H10Cl2F3N2O/c1-5(17)2-9(18)19-10-7(12)3-6(4-8(10)13)11(14,15)16/h2-4,9,18H,17H2,1H3/q-1/b5-2-. The first-order chi connectivity index (χ1) is 8.61. The Morgan fingerprint density at radius 3 is 2.21 bits per heavy atom. The maximum atomic E-state index is 12.5. The molecule has 0 fully saturated rings. The fraction of sp³-hybridized carbons (Fsp3) is 0.273. The van der Waals surface area contributed by atoms with Crippen LogP contribution in [0.1, 0.15) is 12.5 Å². The van der Waals surface area contributed by atoms with E-state index in [4.69, 9.17) is 39.4 Å². The Morgan fingerprint density at radius 2 is 1.84 bits per heavy atom. The third-order valence-electron chi connectivity index (χ3n) is 1.98. The quantitative estimate of drug-likeness (QED) is 0.884. The van der Waals surface area contributed by atoms with Gasteiger partial charge in [-0.15, -0.1) is 0 Å². The molecule has 3 nitrogen and oxygen atoms in total. The summed E-state index contributed by atoms with van der Waals surface area (Å²) in [5.41, 5.74) is 12.2. The van der Waals surface area contributed by atoms with Crippen LogP contribution in [0.5, 0.6) is 5.75 Å². The van der Waals surface area contributed by atoms with E-state index in [1.54, 1.807) is 6.92 Å². The summed E-state index contributed by atoms with van der Waals surface area (Å²) in [5, 5.41) is -0.639. The number of ether oxygens (including phenoxy) is 1. The summed E-state index contributed by atoms with van der Waals surface area (Å²) in [7, 11) is 0. The van der Waals surface area contributed by atoms with E-state index in [-0.39, 0.29) is 15.8 Å². The Balaban J connectivity index is 3.08. The van der Waals surface area contributed by atoms with Crippen LogP contribution in [0.4, 0.5) is 13.2 Å². The fourth-order valence-corrected chi connectivity index (χ4v) is 1.81. The summed E-state index contributed by atoms with van der Waals surface area (Å²) in [6, 6.07) is 1.38. The number of allylic oxidation sites excluding steroid dienone is 1. The molecule has 106 valence electrons. The van der Waals surface area contributed by atoms with Gasteiger partial charge in [-0.05, 0) is 25.1 Å². The third-order valence-corrected chi connectivity index (χ3v) is 2.55. The lowest BCUT2D eigenvalue weighted by atomic mass is 10.2. The van der Waals surface area contributed by atoms with Crippen LogP contribution in [0.15, 0.2) is 23.9 Å². The minimum atomic E-state index is -4.56. The van der Waals surface area contributed by atoms with E-state index in [1.165, 1.54) is 6.08 Å². The highest BCUT2D eigenvalue weighted by Gasteiger charge is 2.32. The highest BCUT2D eigenvalue weighted by Crippen LogP contribution is 2.40. The Morgan fingerprint density at radius 1 is 1.37 bits per heavy atom. The second kappa shape index (κ2) is 5.90. The summed E-state index contributed by atoms with van der Waals surface area (Å²) >= 11 is 11.4. The van der Waals surface area contributed by atoms with E-state index in [9.17, 15) is 13.2 Å². The zero-order chi connectivity index (χ0) is 14.8. The molecule has 0 saturated heterocycles. The van der Waals surface area contributed by atoms with Crippen LogP contribution >= 0.6 is 23.2 Å². The van der Waals surface area contributed by atoms with Gasteiger partial charge >= 0.3 is 6.18 Å². The van der Waals surface area contributed by atoms with Crippen LogP contribution in [0.3, 0.4) is 0 Å². The number of nitrogens with two attached hydrogens (primary N) is 1. The molecular formula is C11H10Cl2F3N2O-. The van der Waals surface area contributed by atoms with Crippen molar-refractivity contribution in [3.05, 3.63) is 45.2 Å². The topological polar surface area (TPSA) is 59.0 Å². The van der Waals surface area contributed by atoms with Crippen molar-refractivity contribution in [1.82, 2.24) is 0 Å². The predicted molar refractivity (Wildman–Crippen MR) is 68.1 cm³/mol. The number of alkyl halides is 3. The van der Waals surface area contributed by atoms with Crippen molar-refractivity contribution in [2.75, 3.05) is 0 Å². The summed E-state index contributed by atoms with van der Waals surface area (Å²) in [6.07, 6.45) is -4.51. The maximum absolute atomic E-state index is 12.5. The minimum Gasteiger partial charge on any atom is -0.637 e. The number of hydrogen-bond acceptors (Lipinski definition) is 2. The van der Waals surface area contributed by atoms with Gasteiger partial charge in [0.05, 0.1) is 15.6 Å². The molecule has 1 rings (SSSR count). The number of nitrogens with one attached hydrogen (secondary N) is 1. The molecule has 1 aromatic rings. The molecular weight excluding hydrogens is 304 g/mol. The van der Waals surface area contributed by atoms with Crippen molar-refractivity contribution < 1.29 is 17.9 Å². The van der Waals surface area contributed by atoms with Crippen molar-refractivity contribution in [2.45, 2.75) is 19.3 Å². The van der Waals surface area contributed by atoms with E-state index >= 15 is 0 Å². The smallest absolute Gasteiger partial charge is 0.416 e. The molecule has 0 bridgehead atoms. The maximum Gasteiger partial charge on any atom is 0.416 e. The predicted octanol–water partition coefficient (Wildman–Crippen LogP) is 4.63. The fourth-order valence-electron chi connectivity index (χ4n) is 1.24. The Kier molecular flexibility index (Phi) is 4.95. The van der Waals surface area contributed by atoms with Gasteiger partial charge in [0.1, 0.15) is 0 Å². The lowest BCUT2D eigenvalue weighted by molar-refractivity contribution is -0.137. The van der Waals surface area contributed by atoms with Gasteiger partial charge in [-0.2, -0.15) is 13.2 Å². The molecule has 1 aromatic carbocycles. The molecule has 0 saturated carbocycles. The van der Waals surface area contributed by atoms with Crippen molar-refractivity contribution in [3.8, 4) is 5.75 Å². The number of rotatable bonds is 3. The lowest BCUT2D eigenvalue weighted by Crippen LogP contribution is -2.11. The minimum absolute atomic E-state index is 0.186. The Bertz CT molecular complexity index is 476. The van der Waals surface area contributed by atoms with Crippen molar-refractivity contribution >= 4 is 23.2 Å². The van der Waals surface area contributed by atoms with E-state index < -0.39 is 18.0 Å². The van der Waals surface area contributed by atoms with E-state index in [2.05, 4.69) is 0 Å². The monoisotopic (exact) mass is 313 g/mol. The van der Waals surface area contributed by atoms with Gasteiger partial charge in [0.25, 0.3) is 0 Å². The van der Waals surface area contributed by atoms with Gasteiger partial charge in [0.2, 0.25) is 0 Å². The molecule has 0 spiro atoms. The molecule has 0 aliphatic heterocycles. The molecule has 1 atom stereocenters. The van der Waals surface area contributed by atoms with Gasteiger partial charge in [0, 0.05) is 11.9 Å². The highest BCUT2D eigenvalue weighted by molar-refractivity contribution is 6.37. The highest BCUT2D eigenvalue weighted by atomic mass is 35.5. The van der Waals surface area contributed by atoms with Crippen LogP contribution in [-0.4, -0.2) is 6.23 Å². The van der Waals surface area contributed by atoms with E-state index in [1.807, 2.05) is 0 Å². The molecule has 8 heteroatoms. The zero-order valence-corrected chi connectivity index (χ0v) is 11.2. The molecule has 3 N–H and O–H groups in total.